The van der Waals surface area contributed by atoms with E-state index in [-0.39, 0.29) is 12.0 Å². The van der Waals surface area contributed by atoms with Gasteiger partial charge >= 0.3 is 0 Å². The lowest BCUT2D eigenvalue weighted by Gasteiger charge is -2.23. The number of likely N-dealkylation sites (tertiary alicyclic amines) is 1. The minimum absolute atomic E-state index is 0.146. The Balaban J connectivity index is 2.45. The lowest BCUT2D eigenvalue weighted by Crippen LogP contribution is -2.38. The molecule has 0 radical (unpaired) electrons. The van der Waals surface area contributed by atoms with Gasteiger partial charge in [-0.25, -0.2) is 0 Å². The highest BCUT2D eigenvalue weighted by Crippen LogP contribution is 2.14. The SMILES string of the molecule is CC(C)C(=O)C(C)N1CCCC1. The van der Waals surface area contributed by atoms with Gasteiger partial charge in [-0.05, 0) is 32.9 Å². The highest BCUT2D eigenvalue weighted by molar-refractivity contribution is 5.85. The largest absolute Gasteiger partial charge is 0.298 e. The Bertz CT molecular complexity index is 159. The first kappa shape index (κ1) is 9.72. The molecule has 0 N–H and O–H groups in total. The second-order valence-electron chi connectivity index (χ2n) is 3.98. The molecule has 1 atom stereocenters. The maximum Gasteiger partial charge on any atom is 0.152 e. The van der Waals surface area contributed by atoms with Gasteiger partial charge in [0.25, 0.3) is 0 Å². The number of Topliss-reactive ketones (excluding diaryl/α,β-unsaturated/α-hetero) is 1. The number of carbonyl (C=O) groups excluding carboxylic acids is 1. The molecule has 0 aromatic carbocycles. The summed E-state index contributed by atoms with van der Waals surface area (Å²) in [5.74, 6) is 0.567. The van der Waals surface area contributed by atoms with E-state index < -0.39 is 0 Å². The van der Waals surface area contributed by atoms with Crippen LogP contribution in [0, 0.1) is 5.92 Å². The van der Waals surface area contributed by atoms with Crippen LogP contribution in [0.2, 0.25) is 0 Å². The van der Waals surface area contributed by atoms with Gasteiger partial charge in [-0.3, -0.25) is 9.69 Å². The molecule has 1 saturated heterocycles. The molecule has 1 unspecified atom stereocenters. The van der Waals surface area contributed by atoms with E-state index in [2.05, 4.69) is 4.90 Å². The van der Waals surface area contributed by atoms with Gasteiger partial charge in [-0.2, -0.15) is 0 Å². The van der Waals surface area contributed by atoms with E-state index in [4.69, 9.17) is 0 Å². The van der Waals surface area contributed by atoms with E-state index in [1.54, 1.807) is 0 Å². The number of carbonyl (C=O) groups is 1. The van der Waals surface area contributed by atoms with Gasteiger partial charge in [0, 0.05) is 5.92 Å². The molecule has 1 aliphatic heterocycles. The number of ketones is 1. The van der Waals surface area contributed by atoms with Crippen molar-refractivity contribution in [1.29, 1.82) is 0 Å². The molecule has 0 bridgehead atoms. The van der Waals surface area contributed by atoms with Crippen LogP contribution < -0.4 is 0 Å². The molecule has 2 nitrogen and oxygen atoms in total. The Morgan fingerprint density at radius 3 is 2.08 bits per heavy atom. The number of hydrogen-bond acceptors (Lipinski definition) is 2. The summed E-state index contributed by atoms with van der Waals surface area (Å²) < 4.78 is 0. The Labute approximate surface area is 74.9 Å². The standard InChI is InChI=1S/C10H19NO/c1-8(2)10(12)9(3)11-6-4-5-7-11/h8-9H,4-7H2,1-3H3. The van der Waals surface area contributed by atoms with Gasteiger partial charge in [0.15, 0.2) is 5.78 Å². The van der Waals surface area contributed by atoms with Crippen LogP contribution in [0.5, 0.6) is 0 Å². The summed E-state index contributed by atoms with van der Waals surface area (Å²) in [6.07, 6.45) is 2.52. The molecule has 1 rings (SSSR count). The minimum Gasteiger partial charge on any atom is -0.298 e. The summed E-state index contributed by atoms with van der Waals surface area (Å²) in [7, 11) is 0. The zero-order valence-corrected chi connectivity index (χ0v) is 8.34. The summed E-state index contributed by atoms with van der Waals surface area (Å²) in [6, 6.07) is 0.146. The van der Waals surface area contributed by atoms with Crippen LogP contribution in [0.1, 0.15) is 33.6 Å². The molecule has 2 heteroatoms. The van der Waals surface area contributed by atoms with E-state index >= 15 is 0 Å². The molecule has 0 amide bonds. The zero-order valence-electron chi connectivity index (χ0n) is 8.34. The van der Waals surface area contributed by atoms with Crippen LogP contribution in [0.25, 0.3) is 0 Å². The third kappa shape index (κ3) is 2.07. The molecule has 1 heterocycles. The van der Waals surface area contributed by atoms with Crippen molar-refractivity contribution in [2.75, 3.05) is 13.1 Å². The van der Waals surface area contributed by atoms with Gasteiger partial charge in [0.05, 0.1) is 6.04 Å². The third-order valence-electron chi connectivity index (χ3n) is 2.67. The maximum absolute atomic E-state index is 11.6. The van der Waals surface area contributed by atoms with E-state index in [0.717, 1.165) is 13.1 Å². The molecule has 0 aliphatic carbocycles. The van der Waals surface area contributed by atoms with Gasteiger partial charge < -0.3 is 0 Å². The van der Waals surface area contributed by atoms with Crippen LogP contribution in [0.4, 0.5) is 0 Å². The average Bonchev–Trinajstić information content (AvgIpc) is 2.53. The molecule has 0 spiro atoms. The Hall–Kier alpha value is -0.370. The Kier molecular flexibility index (Phi) is 3.27. The van der Waals surface area contributed by atoms with Crippen LogP contribution in [-0.2, 0) is 4.79 Å². The highest BCUT2D eigenvalue weighted by Gasteiger charge is 2.24. The molecule has 0 saturated carbocycles. The molecule has 70 valence electrons. The fraction of sp³-hybridized carbons (Fsp3) is 0.900. The minimum atomic E-state index is 0.146. The maximum atomic E-state index is 11.6. The van der Waals surface area contributed by atoms with Crippen molar-refractivity contribution in [1.82, 2.24) is 4.90 Å². The van der Waals surface area contributed by atoms with E-state index in [9.17, 15) is 4.79 Å². The molecular formula is C10H19NO. The summed E-state index contributed by atoms with van der Waals surface area (Å²) in [5.41, 5.74) is 0. The van der Waals surface area contributed by atoms with E-state index in [1.165, 1.54) is 12.8 Å². The second kappa shape index (κ2) is 4.04. The fourth-order valence-corrected chi connectivity index (χ4v) is 1.79. The van der Waals surface area contributed by atoms with E-state index in [1.807, 2.05) is 20.8 Å². The number of rotatable bonds is 3. The van der Waals surface area contributed by atoms with Crippen LogP contribution in [-0.4, -0.2) is 29.8 Å². The topological polar surface area (TPSA) is 20.3 Å². The van der Waals surface area contributed by atoms with Crippen molar-refractivity contribution in [3.8, 4) is 0 Å². The zero-order chi connectivity index (χ0) is 9.14. The highest BCUT2D eigenvalue weighted by atomic mass is 16.1. The normalized spacial score (nSPS) is 21.7. The summed E-state index contributed by atoms with van der Waals surface area (Å²) in [4.78, 5) is 13.9. The summed E-state index contributed by atoms with van der Waals surface area (Å²) >= 11 is 0. The van der Waals surface area contributed by atoms with Crippen molar-refractivity contribution in [2.45, 2.75) is 39.7 Å². The van der Waals surface area contributed by atoms with Crippen LogP contribution in [0.15, 0.2) is 0 Å². The van der Waals surface area contributed by atoms with Gasteiger partial charge in [0.2, 0.25) is 0 Å². The first-order chi connectivity index (χ1) is 5.63. The third-order valence-corrected chi connectivity index (χ3v) is 2.67. The Morgan fingerprint density at radius 1 is 1.17 bits per heavy atom. The van der Waals surface area contributed by atoms with Gasteiger partial charge in [0.1, 0.15) is 0 Å². The van der Waals surface area contributed by atoms with Crippen LogP contribution >= 0.6 is 0 Å². The lowest BCUT2D eigenvalue weighted by atomic mass is 10.0. The van der Waals surface area contributed by atoms with Crippen molar-refractivity contribution >= 4 is 5.78 Å². The van der Waals surface area contributed by atoms with Crippen molar-refractivity contribution in [3.63, 3.8) is 0 Å². The van der Waals surface area contributed by atoms with Crippen molar-refractivity contribution in [2.24, 2.45) is 5.92 Å². The molecule has 1 aliphatic rings. The first-order valence-electron chi connectivity index (χ1n) is 4.90. The number of nitrogens with zero attached hydrogens (tertiary/aromatic N) is 1. The monoisotopic (exact) mass is 169 g/mol. The first-order valence-corrected chi connectivity index (χ1v) is 4.90. The van der Waals surface area contributed by atoms with Crippen LogP contribution in [0.3, 0.4) is 0 Å². The predicted molar refractivity (Wildman–Crippen MR) is 50.1 cm³/mol. The average molecular weight is 169 g/mol. The van der Waals surface area contributed by atoms with E-state index in [0.29, 0.717) is 5.78 Å². The lowest BCUT2D eigenvalue weighted by molar-refractivity contribution is -0.126. The summed E-state index contributed by atoms with van der Waals surface area (Å²) in [6.45, 7) is 8.22. The van der Waals surface area contributed by atoms with Gasteiger partial charge in [-0.1, -0.05) is 13.8 Å². The fourth-order valence-electron chi connectivity index (χ4n) is 1.79. The van der Waals surface area contributed by atoms with Crippen molar-refractivity contribution in [3.05, 3.63) is 0 Å². The molecule has 12 heavy (non-hydrogen) atoms. The van der Waals surface area contributed by atoms with Crippen molar-refractivity contribution < 1.29 is 4.79 Å². The summed E-state index contributed by atoms with van der Waals surface area (Å²) in [5, 5.41) is 0. The number of hydrogen-bond donors (Lipinski definition) is 0. The quantitative estimate of drug-likeness (QED) is 0.641. The Morgan fingerprint density at radius 2 is 1.67 bits per heavy atom. The predicted octanol–water partition coefficient (Wildman–Crippen LogP) is 1.70. The molecule has 1 fully saturated rings. The molecule has 0 aromatic rings. The molecular weight excluding hydrogens is 150 g/mol. The van der Waals surface area contributed by atoms with Gasteiger partial charge in [-0.15, -0.1) is 0 Å². The second-order valence-corrected chi connectivity index (χ2v) is 3.98. The smallest absolute Gasteiger partial charge is 0.152 e. The molecule has 0 aromatic heterocycles.